The van der Waals surface area contributed by atoms with Crippen LogP contribution in [0.2, 0.25) is 0 Å². The first-order valence-electron chi connectivity index (χ1n) is 4.67. The molecule has 0 aliphatic carbocycles. The highest BCUT2D eigenvalue weighted by atomic mass is 32.1. The Morgan fingerprint density at radius 2 is 1.83 bits per heavy atom. The zero-order valence-electron chi connectivity index (χ0n) is 7.97. The number of thiocarbonyl (C=S) groups is 1. The number of hydrogen-bond acceptors (Lipinski definition) is 1. The van der Waals surface area contributed by atoms with Gasteiger partial charge in [-0.3, -0.25) is 0 Å². The first-order valence-corrected chi connectivity index (χ1v) is 5.53. The van der Waals surface area contributed by atoms with E-state index in [9.17, 15) is 0 Å². The highest BCUT2D eigenvalue weighted by molar-refractivity contribution is 8.11. The third kappa shape index (κ3) is 6.92. The van der Waals surface area contributed by atoms with E-state index in [1.165, 1.54) is 25.7 Å². The fourth-order valence-corrected chi connectivity index (χ4v) is 1.57. The lowest BCUT2D eigenvalue weighted by atomic mass is 9.98. The quantitative estimate of drug-likeness (QED) is 0.511. The monoisotopic (exact) mass is 205 g/mol. The van der Waals surface area contributed by atoms with Crippen molar-refractivity contribution in [2.75, 3.05) is 6.54 Å². The normalized spacial score (nSPS) is 10.3. The molecule has 0 aromatic heterocycles. The van der Waals surface area contributed by atoms with Gasteiger partial charge in [0, 0.05) is 6.54 Å². The predicted octanol–water partition coefficient (Wildman–Crippen LogP) is 3.01. The molecule has 0 radical (unpaired) electrons. The zero-order chi connectivity index (χ0) is 9.40. The van der Waals surface area contributed by atoms with Crippen molar-refractivity contribution in [2.45, 2.75) is 39.5 Å². The third-order valence-electron chi connectivity index (χ3n) is 1.94. The standard InChI is InChI=1S/C9H19NS2/c1-3-5-8(6-4-2)7-10-9(11)12/h8H,3-7H2,1-2H3,(H2,10,11,12). The molecule has 0 spiro atoms. The number of thiol groups is 1. The van der Waals surface area contributed by atoms with Crippen molar-refractivity contribution in [2.24, 2.45) is 5.92 Å². The molecule has 0 fully saturated rings. The van der Waals surface area contributed by atoms with Crippen molar-refractivity contribution in [3.8, 4) is 0 Å². The fourth-order valence-electron chi connectivity index (χ4n) is 1.40. The van der Waals surface area contributed by atoms with Crippen LogP contribution >= 0.6 is 24.8 Å². The summed E-state index contributed by atoms with van der Waals surface area (Å²) in [6.45, 7) is 5.44. The maximum Gasteiger partial charge on any atom is 0.130 e. The number of rotatable bonds is 6. The molecule has 0 heterocycles. The molecular formula is C9H19NS2. The van der Waals surface area contributed by atoms with Gasteiger partial charge < -0.3 is 5.32 Å². The summed E-state index contributed by atoms with van der Waals surface area (Å²) in [5.41, 5.74) is 0. The lowest BCUT2D eigenvalue weighted by molar-refractivity contribution is 0.437. The Balaban J connectivity index is 3.54. The lowest BCUT2D eigenvalue weighted by Crippen LogP contribution is -2.24. The summed E-state index contributed by atoms with van der Waals surface area (Å²) in [7, 11) is 0. The van der Waals surface area contributed by atoms with E-state index in [4.69, 9.17) is 12.2 Å². The Bertz CT molecular complexity index is 120. The van der Waals surface area contributed by atoms with E-state index in [0.717, 1.165) is 12.5 Å². The Morgan fingerprint density at radius 3 is 2.17 bits per heavy atom. The average molecular weight is 205 g/mol. The summed E-state index contributed by atoms with van der Waals surface area (Å²) in [5, 5.41) is 3.11. The van der Waals surface area contributed by atoms with Crippen LogP contribution in [0.5, 0.6) is 0 Å². The molecule has 0 aromatic rings. The van der Waals surface area contributed by atoms with Crippen molar-refractivity contribution < 1.29 is 0 Å². The van der Waals surface area contributed by atoms with Gasteiger partial charge in [-0.1, -0.05) is 38.9 Å². The minimum Gasteiger partial charge on any atom is -0.371 e. The molecule has 0 aliphatic heterocycles. The summed E-state index contributed by atoms with van der Waals surface area (Å²) in [6, 6.07) is 0. The molecule has 0 amide bonds. The van der Waals surface area contributed by atoms with Gasteiger partial charge in [-0.05, 0) is 18.8 Å². The minimum atomic E-state index is 0.618. The third-order valence-corrected chi connectivity index (χ3v) is 2.24. The maximum atomic E-state index is 4.84. The topological polar surface area (TPSA) is 12.0 Å². The smallest absolute Gasteiger partial charge is 0.130 e. The largest absolute Gasteiger partial charge is 0.371 e. The molecule has 0 rings (SSSR count). The summed E-state index contributed by atoms with van der Waals surface area (Å²) >= 11 is 8.86. The second kappa shape index (κ2) is 7.87. The van der Waals surface area contributed by atoms with Gasteiger partial charge in [0.1, 0.15) is 4.32 Å². The Kier molecular flexibility index (Phi) is 8.02. The van der Waals surface area contributed by atoms with E-state index >= 15 is 0 Å². The Hall–Kier alpha value is 0.240. The van der Waals surface area contributed by atoms with Gasteiger partial charge in [0.2, 0.25) is 0 Å². The molecule has 1 nitrogen and oxygen atoms in total. The van der Waals surface area contributed by atoms with Crippen molar-refractivity contribution in [1.82, 2.24) is 5.32 Å². The van der Waals surface area contributed by atoms with Crippen LogP contribution < -0.4 is 5.32 Å². The highest BCUT2D eigenvalue weighted by Gasteiger charge is 2.05. The van der Waals surface area contributed by atoms with Crippen molar-refractivity contribution >= 4 is 29.2 Å². The first kappa shape index (κ1) is 12.2. The van der Waals surface area contributed by atoms with Crippen molar-refractivity contribution in [3.05, 3.63) is 0 Å². The summed E-state index contributed by atoms with van der Waals surface area (Å²) < 4.78 is 0.618. The molecule has 0 bridgehead atoms. The minimum absolute atomic E-state index is 0.618. The molecule has 3 heteroatoms. The average Bonchev–Trinajstić information content (AvgIpc) is 2.01. The van der Waals surface area contributed by atoms with E-state index in [0.29, 0.717) is 4.32 Å². The van der Waals surface area contributed by atoms with Crippen LogP contribution in [0, 0.1) is 5.92 Å². The zero-order valence-corrected chi connectivity index (χ0v) is 9.68. The lowest BCUT2D eigenvalue weighted by Gasteiger charge is -2.15. The van der Waals surface area contributed by atoms with E-state index in [1.807, 2.05) is 0 Å². The molecular weight excluding hydrogens is 186 g/mol. The van der Waals surface area contributed by atoms with Crippen LogP contribution in [0.1, 0.15) is 39.5 Å². The molecule has 0 aromatic carbocycles. The van der Waals surface area contributed by atoms with E-state index in [1.54, 1.807) is 0 Å². The van der Waals surface area contributed by atoms with E-state index in [2.05, 4.69) is 31.8 Å². The molecule has 0 saturated heterocycles. The van der Waals surface area contributed by atoms with Crippen LogP contribution in [0.3, 0.4) is 0 Å². The van der Waals surface area contributed by atoms with E-state index < -0.39 is 0 Å². The molecule has 12 heavy (non-hydrogen) atoms. The second-order valence-corrected chi connectivity index (χ2v) is 4.29. The van der Waals surface area contributed by atoms with Crippen molar-refractivity contribution in [3.63, 3.8) is 0 Å². The predicted molar refractivity (Wildman–Crippen MR) is 62.9 cm³/mol. The SMILES string of the molecule is CCCC(CCC)CNC(=S)S. The molecule has 72 valence electrons. The number of hydrogen-bond donors (Lipinski definition) is 2. The number of nitrogens with one attached hydrogen (secondary N) is 1. The molecule has 0 atom stereocenters. The van der Waals surface area contributed by atoms with Gasteiger partial charge in [0.25, 0.3) is 0 Å². The van der Waals surface area contributed by atoms with Gasteiger partial charge in [-0.25, -0.2) is 0 Å². The van der Waals surface area contributed by atoms with Gasteiger partial charge >= 0.3 is 0 Å². The molecule has 0 aliphatic rings. The van der Waals surface area contributed by atoms with Gasteiger partial charge in [0.05, 0.1) is 0 Å². The molecule has 0 saturated carbocycles. The first-order chi connectivity index (χ1) is 5.70. The van der Waals surface area contributed by atoms with Crippen LogP contribution in [0.25, 0.3) is 0 Å². The van der Waals surface area contributed by atoms with Crippen molar-refractivity contribution in [1.29, 1.82) is 0 Å². The van der Waals surface area contributed by atoms with Gasteiger partial charge in [0.15, 0.2) is 0 Å². The van der Waals surface area contributed by atoms with Crippen LogP contribution in [0.15, 0.2) is 0 Å². The maximum absolute atomic E-state index is 4.84. The summed E-state index contributed by atoms with van der Waals surface area (Å²) in [4.78, 5) is 0. The van der Waals surface area contributed by atoms with Crippen LogP contribution in [-0.4, -0.2) is 10.9 Å². The van der Waals surface area contributed by atoms with Gasteiger partial charge in [-0.15, -0.1) is 12.6 Å². The van der Waals surface area contributed by atoms with E-state index in [-0.39, 0.29) is 0 Å². The van der Waals surface area contributed by atoms with Crippen LogP contribution in [-0.2, 0) is 0 Å². The summed E-state index contributed by atoms with van der Waals surface area (Å²) in [5.74, 6) is 0.769. The second-order valence-electron chi connectivity index (χ2n) is 3.13. The summed E-state index contributed by atoms with van der Waals surface area (Å²) in [6.07, 6.45) is 5.09. The Morgan fingerprint density at radius 1 is 1.33 bits per heavy atom. The van der Waals surface area contributed by atoms with Crippen LogP contribution in [0.4, 0.5) is 0 Å². The molecule has 1 N–H and O–H groups in total. The van der Waals surface area contributed by atoms with Gasteiger partial charge in [-0.2, -0.15) is 0 Å². The highest BCUT2D eigenvalue weighted by Crippen LogP contribution is 2.12. The Labute approximate surface area is 86.7 Å². The molecule has 0 unspecified atom stereocenters. The fraction of sp³-hybridized carbons (Fsp3) is 0.889.